The Kier molecular flexibility index (Phi) is 2.51. The van der Waals surface area contributed by atoms with Gasteiger partial charge < -0.3 is 9.84 Å². The standard InChI is InChI=1S/C6H5BrO3S/c1-10-6(9)5-4(8)3(7)2-11-5/h2,8H,1H3/p-1. The Morgan fingerprint density at radius 2 is 2.45 bits per heavy atom. The molecule has 0 bridgehead atoms. The fraction of sp³-hybridized carbons (Fsp3) is 0.167. The number of thiophene rings is 1. The minimum atomic E-state index is -0.578. The van der Waals surface area contributed by atoms with E-state index in [-0.39, 0.29) is 10.6 Å². The van der Waals surface area contributed by atoms with E-state index in [4.69, 9.17) is 0 Å². The maximum atomic E-state index is 11.0. The summed E-state index contributed by atoms with van der Waals surface area (Å²) in [5.74, 6) is -0.882. The lowest BCUT2D eigenvalue weighted by Crippen LogP contribution is -2.02. The van der Waals surface area contributed by atoms with E-state index >= 15 is 0 Å². The summed E-state index contributed by atoms with van der Waals surface area (Å²) >= 11 is 4.08. The van der Waals surface area contributed by atoms with Crippen molar-refractivity contribution in [2.45, 2.75) is 0 Å². The van der Waals surface area contributed by atoms with Gasteiger partial charge in [-0.1, -0.05) is 21.7 Å². The van der Waals surface area contributed by atoms with Crippen LogP contribution in [0.25, 0.3) is 0 Å². The Morgan fingerprint density at radius 1 is 1.82 bits per heavy atom. The van der Waals surface area contributed by atoms with Crippen LogP contribution in [0.1, 0.15) is 9.67 Å². The Bertz CT molecular complexity index is 281. The second kappa shape index (κ2) is 3.23. The molecule has 0 saturated heterocycles. The number of rotatable bonds is 1. The lowest BCUT2D eigenvalue weighted by molar-refractivity contribution is -0.269. The quantitative estimate of drug-likeness (QED) is 0.692. The molecule has 0 amide bonds. The molecule has 0 aromatic carbocycles. The summed E-state index contributed by atoms with van der Waals surface area (Å²) in [6, 6.07) is 0. The van der Waals surface area contributed by atoms with Crippen molar-refractivity contribution in [3.63, 3.8) is 0 Å². The van der Waals surface area contributed by atoms with Crippen molar-refractivity contribution in [3.05, 3.63) is 14.7 Å². The topological polar surface area (TPSA) is 49.4 Å². The number of halogens is 1. The van der Waals surface area contributed by atoms with Gasteiger partial charge >= 0.3 is 5.97 Å². The highest BCUT2D eigenvalue weighted by atomic mass is 79.9. The van der Waals surface area contributed by atoms with Gasteiger partial charge in [-0.15, -0.1) is 11.3 Å². The van der Waals surface area contributed by atoms with Crippen molar-refractivity contribution in [2.24, 2.45) is 0 Å². The molecule has 1 aromatic heterocycles. The molecule has 0 fully saturated rings. The van der Waals surface area contributed by atoms with Crippen molar-refractivity contribution in [1.82, 2.24) is 0 Å². The third kappa shape index (κ3) is 1.54. The molecule has 5 heteroatoms. The van der Waals surface area contributed by atoms with Crippen LogP contribution < -0.4 is 5.11 Å². The van der Waals surface area contributed by atoms with Crippen LogP contribution >= 0.6 is 27.3 Å². The first kappa shape index (κ1) is 8.55. The molecule has 0 aliphatic rings. The molecule has 0 aliphatic heterocycles. The minimum absolute atomic E-state index is 0.111. The number of carbonyl (C=O) groups is 1. The van der Waals surface area contributed by atoms with Gasteiger partial charge in [0, 0.05) is 9.85 Å². The van der Waals surface area contributed by atoms with Crippen LogP contribution in [0, 0.1) is 0 Å². The van der Waals surface area contributed by atoms with E-state index in [1.807, 2.05) is 0 Å². The number of carbonyl (C=O) groups excluding carboxylic acids is 1. The van der Waals surface area contributed by atoms with Gasteiger partial charge in [0.25, 0.3) is 0 Å². The van der Waals surface area contributed by atoms with Crippen LogP contribution in [0.5, 0.6) is 5.75 Å². The van der Waals surface area contributed by atoms with Gasteiger partial charge in [0.2, 0.25) is 0 Å². The van der Waals surface area contributed by atoms with Gasteiger partial charge in [-0.25, -0.2) is 4.79 Å². The molecule has 0 radical (unpaired) electrons. The summed E-state index contributed by atoms with van der Waals surface area (Å²) in [5.41, 5.74) is 0. The molecule has 0 N–H and O–H groups in total. The smallest absolute Gasteiger partial charge is 0.347 e. The Morgan fingerprint density at radius 3 is 2.82 bits per heavy atom. The van der Waals surface area contributed by atoms with Gasteiger partial charge in [-0.3, -0.25) is 0 Å². The SMILES string of the molecule is COC(=O)c1scc(Br)c1[O-]. The zero-order chi connectivity index (χ0) is 8.43. The third-order valence-electron chi connectivity index (χ3n) is 1.07. The molecular weight excluding hydrogens is 232 g/mol. The van der Waals surface area contributed by atoms with Gasteiger partial charge in [-0.05, 0) is 0 Å². The molecule has 0 aliphatic carbocycles. The van der Waals surface area contributed by atoms with Crippen LogP contribution in [-0.4, -0.2) is 13.1 Å². The van der Waals surface area contributed by atoms with E-state index in [9.17, 15) is 9.90 Å². The summed E-state index contributed by atoms with van der Waals surface area (Å²) < 4.78 is 4.79. The number of esters is 1. The summed E-state index contributed by atoms with van der Waals surface area (Å²) in [7, 11) is 1.25. The van der Waals surface area contributed by atoms with E-state index in [0.29, 0.717) is 4.47 Å². The predicted octanol–water partition coefficient (Wildman–Crippen LogP) is 1.37. The molecule has 1 heterocycles. The predicted molar refractivity (Wildman–Crippen MR) is 42.8 cm³/mol. The molecule has 0 spiro atoms. The average molecular weight is 236 g/mol. The van der Waals surface area contributed by atoms with Crippen molar-refractivity contribution in [1.29, 1.82) is 0 Å². The normalized spacial score (nSPS) is 9.64. The highest BCUT2D eigenvalue weighted by molar-refractivity contribution is 9.10. The number of ether oxygens (including phenoxy) is 1. The first-order valence-corrected chi connectivity index (χ1v) is 4.36. The second-order valence-electron chi connectivity index (χ2n) is 1.73. The lowest BCUT2D eigenvalue weighted by atomic mass is 10.4. The number of hydrogen-bond acceptors (Lipinski definition) is 4. The summed E-state index contributed by atoms with van der Waals surface area (Å²) in [6.45, 7) is 0. The minimum Gasteiger partial charge on any atom is -0.871 e. The van der Waals surface area contributed by atoms with Crippen molar-refractivity contribution in [3.8, 4) is 5.75 Å². The second-order valence-corrected chi connectivity index (χ2v) is 3.47. The van der Waals surface area contributed by atoms with Crippen LogP contribution in [0.3, 0.4) is 0 Å². The largest absolute Gasteiger partial charge is 0.871 e. The molecule has 11 heavy (non-hydrogen) atoms. The highest BCUT2D eigenvalue weighted by Gasteiger charge is 2.09. The first-order valence-electron chi connectivity index (χ1n) is 2.69. The maximum Gasteiger partial charge on any atom is 0.347 e. The van der Waals surface area contributed by atoms with Crippen LogP contribution in [0.2, 0.25) is 0 Å². The molecule has 3 nitrogen and oxygen atoms in total. The summed E-state index contributed by atoms with van der Waals surface area (Å²) in [6.07, 6.45) is 0. The van der Waals surface area contributed by atoms with E-state index in [2.05, 4.69) is 20.7 Å². The zero-order valence-electron chi connectivity index (χ0n) is 5.59. The van der Waals surface area contributed by atoms with Crippen LogP contribution in [-0.2, 0) is 4.74 Å². The molecule has 0 saturated carbocycles. The van der Waals surface area contributed by atoms with Crippen molar-refractivity contribution in [2.75, 3.05) is 7.11 Å². The first-order chi connectivity index (χ1) is 5.16. The molecule has 0 atom stereocenters. The monoisotopic (exact) mass is 235 g/mol. The summed E-state index contributed by atoms with van der Waals surface area (Å²) in [5, 5.41) is 12.6. The maximum absolute atomic E-state index is 11.0. The lowest BCUT2D eigenvalue weighted by Gasteiger charge is -2.04. The van der Waals surface area contributed by atoms with E-state index in [0.717, 1.165) is 11.3 Å². The Balaban J connectivity index is 3.04. The highest BCUT2D eigenvalue weighted by Crippen LogP contribution is 2.31. The molecule has 1 aromatic rings. The molecule has 60 valence electrons. The zero-order valence-corrected chi connectivity index (χ0v) is 7.99. The van der Waals surface area contributed by atoms with Crippen molar-refractivity contribution < 1.29 is 14.6 Å². The van der Waals surface area contributed by atoms with Gasteiger partial charge in [0.15, 0.2) is 0 Å². The van der Waals surface area contributed by atoms with Crippen molar-refractivity contribution >= 4 is 33.2 Å². The van der Waals surface area contributed by atoms with Crippen LogP contribution in [0.15, 0.2) is 9.85 Å². The molecular formula is C6H4BrO3S-. The van der Waals surface area contributed by atoms with E-state index in [1.54, 1.807) is 5.38 Å². The van der Waals surface area contributed by atoms with E-state index < -0.39 is 5.97 Å². The summed E-state index contributed by atoms with van der Waals surface area (Å²) in [4.78, 5) is 10.9. The fourth-order valence-electron chi connectivity index (χ4n) is 0.560. The Labute approximate surface area is 75.7 Å². The molecule has 1 rings (SSSR count). The van der Waals surface area contributed by atoms with Gasteiger partial charge in [0.05, 0.1) is 7.11 Å². The van der Waals surface area contributed by atoms with Crippen LogP contribution in [0.4, 0.5) is 0 Å². The van der Waals surface area contributed by atoms with Gasteiger partial charge in [-0.2, -0.15) is 0 Å². The fourth-order valence-corrected chi connectivity index (χ4v) is 1.89. The average Bonchev–Trinajstić information content (AvgIpc) is 2.32. The third-order valence-corrected chi connectivity index (χ3v) is 2.91. The molecule has 0 unspecified atom stereocenters. The van der Waals surface area contributed by atoms with Gasteiger partial charge in [0.1, 0.15) is 4.88 Å². The number of methoxy groups -OCH3 is 1. The van der Waals surface area contributed by atoms with E-state index in [1.165, 1.54) is 7.11 Å². The Hall–Kier alpha value is -0.550. The number of hydrogen-bond donors (Lipinski definition) is 0.